The number of hydrogen-bond acceptors (Lipinski definition) is 5. The van der Waals surface area contributed by atoms with Crippen LogP contribution in [0.5, 0.6) is 0 Å². The summed E-state index contributed by atoms with van der Waals surface area (Å²) in [4.78, 5) is 34.8. The number of nitrogens with zero attached hydrogens (tertiary/aromatic N) is 3. The second-order valence-electron chi connectivity index (χ2n) is 5.58. The number of pyridine rings is 1. The highest BCUT2D eigenvalue weighted by Crippen LogP contribution is 2.28. The summed E-state index contributed by atoms with van der Waals surface area (Å²) in [6, 6.07) is 5.56. The van der Waals surface area contributed by atoms with Crippen LogP contribution in [0.2, 0.25) is 0 Å². The lowest BCUT2D eigenvalue weighted by molar-refractivity contribution is -0.143. The average molecular weight is 331 g/mol. The number of aliphatic carboxylic acids is 1. The van der Waals surface area contributed by atoms with Crippen molar-refractivity contribution < 1.29 is 14.7 Å². The fourth-order valence-corrected chi connectivity index (χ4v) is 3.71. The number of aryl methyl sites for hydroxylation is 1. The van der Waals surface area contributed by atoms with E-state index in [1.165, 1.54) is 11.3 Å². The van der Waals surface area contributed by atoms with Gasteiger partial charge in [-0.25, -0.2) is 4.98 Å². The molecular weight excluding hydrogens is 314 g/mol. The molecule has 23 heavy (non-hydrogen) atoms. The zero-order chi connectivity index (χ0) is 16.4. The first-order chi connectivity index (χ1) is 11.1. The summed E-state index contributed by atoms with van der Waals surface area (Å²) in [6.07, 6.45) is 3.03. The standard InChI is InChI=1S/C16H17N3O3S/c1-10-13(23-14(18-10)12-6-2-3-7-17-12)15(20)19-8-4-5-11(9-19)16(21)22/h2-3,6-7,11H,4-5,8-9H2,1H3,(H,21,22)/t11-/m1/s1. The summed E-state index contributed by atoms with van der Waals surface area (Å²) in [7, 11) is 0. The minimum Gasteiger partial charge on any atom is -0.481 e. The monoisotopic (exact) mass is 331 g/mol. The van der Waals surface area contributed by atoms with Crippen molar-refractivity contribution in [2.24, 2.45) is 5.92 Å². The second-order valence-corrected chi connectivity index (χ2v) is 6.58. The Kier molecular flexibility index (Phi) is 4.38. The molecule has 1 N–H and O–H groups in total. The van der Waals surface area contributed by atoms with E-state index >= 15 is 0 Å². The fraction of sp³-hybridized carbons (Fsp3) is 0.375. The topological polar surface area (TPSA) is 83.4 Å². The zero-order valence-corrected chi connectivity index (χ0v) is 13.5. The van der Waals surface area contributed by atoms with Crippen molar-refractivity contribution in [3.05, 3.63) is 35.0 Å². The molecule has 0 spiro atoms. The Balaban J connectivity index is 1.83. The van der Waals surface area contributed by atoms with Crippen molar-refractivity contribution in [3.63, 3.8) is 0 Å². The molecule has 2 aromatic rings. The first kappa shape index (κ1) is 15.6. The molecule has 2 aromatic heterocycles. The van der Waals surface area contributed by atoms with Crippen molar-refractivity contribution in [1.82, 2.24) is 14.9 Å². The second kappa shape index (κ2) is 6.45. The van der Waals surface area contributed by atoms with E-state index in [1.807, 2.05) is 18.2 Å². The van der Waals surface area contributed by atoms with Gasteiger partial charge in [0.2, 0.25) is 0 Å². The van der Waals surface area contributed by atoms with Crippen LogP contribution < -0.4 is 0 Å². The molecule has 1 aliphatic rings. The van der Waals surface area contributed by atoms with Crippen molar-refractivity contribution in [2.75, 3.05) is 13.1 Å². The Labute approximate surface area is 137 Å². The largest absolute Gasteiger partial charge is 0.481 e. The van der Waals surface area contributed by atoms with E-state index in [4.69, 9.17) is 5.11 Å². The molecule has 0 aliphatic carbocycles. The lowest BCUT2D eigenvalue weighted by Crippen LogP contribution is -2.42. The van der Waals surface area contributed by atoms with E-state index in [2.05, 4.69) is 9.97 Å². The molecule has 1 atom stereocenters. The molecule has 0 unspecified atom stereocenters. The molecule has 120 valence electrons. The molecule has 1 aliphatic heterocycles. The summed E-state index contributed by atoms with van der Waals surface area (Å²) in [5.74, 6) is -1.44. The molecule has 1 saturated heterocycles. The number of carboxylic acid groups (broad SMARTS) is 1. The van der Waals surface area contributed by atoms with Crippen LogP contribution in [0.4, 0.5) is 0 Å². The van der Waals surface area contributed by atoms with Gasteiger partial charge in [0.25, 0.3) is 5.91 Å². The van der Waals surface area contributed by atoms with Crippen molar-refractivity contribution >= 4 is 23.2 Å². The third kappa shape index (κ3) is 3.24. The number of hydrogen-bond donors (Lipinski definition) is 1. The summed E-state index contributed by atoms with van der Waals surface area (Å²) < 4.78 is 0. The molecule has 3 rings (SSSR count). The van der Waals surface area contributed by atoms with Gasteiger partial charge in [-0.3, -0.25) is 14.6 Å². The van der Waals surface area contributed by atoms with Crippen LogP contribution in [0.3, 0.4) is 0 Å². The van der Waals surface area contributed by atoms with Gasteiger partial charge < -0.3 is 10.0 Å². The lowest BCUT2D eigenvalue weighted by atomic mass is 9.98. The number of carbonyl (C=O) groups is 2. The van der Waals surface area contributed by atoms with Crippen molar-refractivity contribution in [2.45, 2.75) is 19.8 Å². The van der Waals surface area contributed by atoms with Crippen LogP contribution in [0.25, 0.3) is 10.7 Å². The zero-order valence-electron chi connectivity index (χ0n) is 12.7. The van der Waals surface area contributed by atoms with E-state index in [0.717, 1.165) is 5.69 Å². The van der Waals surface area contributed by atoms with Crippen LogP contribution in [0.15, 0.2) is 24.4 Å². The third-order valence-corrected chi connectivity index (χ3v) is 5.10. The number of likely N-dealkylation sites (tertiary alicyclic amines) is 1. The minimum absolute atomic E-state index is 0.131. The number of carboxylic acids is 1. The molecule has 0 aromatic carbocycles. The minimum atomic E-state index is -0.835. The predicted octanol–water partition coefficient (Wildman–Crippen LogP) is 2.45. The molecular formula is C16H17N3O3S. The summed E-state index contributed by atoms with van der Waals surface area (Å²) in [5, 5.41) is 9.87. The smallest absolute Gasteiger partial charge is 0.308 e. The number of carbonyl (C=O) groups excluding carboxylic acids is 1. The maximum absolute atomic E-state index is 12.7. The van der Waals surface area contributed by atoms with Gasteiger partial charge in [-0.05, 0) is 31.9 Å². The number of thiazole rings is 1. The van der Waals surface area contributed by atoms with E-state index in [9.17, 15) is 9.59 Å². The Morgan fingerprint density at radius 3 is 2.91 bits per heavy atom. The Bertz CT molecular complexity index is 729. The number of aromatic nitrogens is 2. The molecule has 3 heterocycles. The first-order valence-electron chi connectivity index (χ1n) is 7.47. The quantitative estimate of drug-likeness (QED) is 0.934. The van der Waals surface area contributed by atoms with Crippen molar-refractivity contribution in [3.8, 4) is 10.7 Å². The molecule has 0 saturated carbocycles. The Hall–Kier alpha value is -2.28. The number of amides is 1. The number of piperidine rings is 1. The molecule has 7 heteroatoms. The number of rotatable bonds is 3. The lowest BCUT2D eigenvalue weighted by Gasteiger charge is -2.30. The summed E-state index contributed by atoms with van der Waals surface area (Å²) in [5.41, 5.74) is 1.40. The van der Waals surface area contributed by atoms with Crippen LogP contribution in [-0.2, 0) is 4.79 Å². The van der Waals surface area contributed by atoms with Gasteiger partial charge in [-0.2, -0.15) is 0 Å². The normalized spacial score (nSPS) is 18.0. The van der Waals surface area contributed by atoms with Gasteiger partial charge in [0.05, 0.1) is 17.3 Å². The van der Waals surface area contributed by atoms with Crippen molar-refractivity contribution in [1.29, 1.82) is 0 Å². The highest BCUT2D eigenvalue weighted by Gasteiger charge is 2.30. The van der Waals surface area contributed by atoms with Crippen LogP contribution >= 0.6 is 11.3 Å². The summed E-state index contributed by atoms with van der Waals surface area (Å²) >= 11 is 1.31. The fourth-order valence-electron chi connectivity index (χ4n) is 2.70. The predicted molar refractivity (Wildman–Crippen MR) is 86.3 cm³/mol. The Morgan fingerprint density at radius 1 is 1.39 bits per heavy atom. The van der Waals surface area contributed by atoms with Crippen LogP contribution in [0.1, 0.15) is 28.2 Å². The van der Waals surface area contributed by atoms with Gasteiger partial charge in [-0.15, -0.1) is 11.3 Å². The average Bonchev–Trinajstić information content (AvgIpc) is 2.97. The van der Waals surface area contributed by atoms with E-state index < -0.39 is 11.9 Å². The van der Waals surface area contributed by atoms with E-state index in [0.29, 0.717) is 35.0 Å². The van der Waals surface area contributed by atoms with Gasteiger partial charge in [0, 0.05) is 19.3 Å². The van der Waals surface area contributed by atoms with Gasteiger partial charge in [0.1, 0.15) is 9.88 Å². The van der Waals surface area contributed by atoms with E-state index in [1.54, 1.807) is 18.0 Å². The maximum Gasteiger partial charge on any atom is 0.308 e. The highest BCUT2D eigenvalue weighted by molar-refractivity contribution is 7.17. The van der Waals surface area contributed by atoms with Gasteiger partial charge in [-0.1, -0.05) is 6.07 Å². The van der Waals surface area contributed by atoms with Crippen LogP contribution in [-0.4, -0.2) is 44.9 Å². The maximum atomic E-state index is 12.7. The summed E-state index contributed by atoms with van der Waals surface area (Å²) in [6.45, 7) is 2.66. The molecule has 1 fully saturated rings. The highest BCUT2D eigenvalue weighted by atomic mass is 32.1. The molecule has 0 bridgehead atoms. The van der Waals surface area contributed by atoms with Gasteiger partial charge in [0.15, 0.2) is 0 Å². The van der Waals surface area contributed by atoms with E-state index in [-0.39, 0.29) is 12.5 Å². The molecule has 6 nitrogen and oxygen atoms in total. The van der Waals surface area contributed by atoms with Crippen LogP contribution in [0, 0.1) is 12.8 Å². The SMILES string of the molecule is Cc1nc(-c2ccccn2)sc1C(=O)N1CCC[C@@H](C(=O)O)C1. The molecule has 1 amide bonds. The third-order valence-electron chi connectivity index (χ3n) is 3.93. The molecule has 0 radical (unpaired) electrons. The first-order valence-corrected chi connectivity index (χ1v) is 8.29. The van der Waals surface area contributed by atoms with Gasteiger partial charge >= 0.3 is 5.97 Å². The Morgan fingerprint density at radius 2 is 2.22 bits per heavy atom.